The SMILES string of the molecule is Cc1ccccc1N(c1ccc(C(C)(C)C)cc1)c1cc2c(c3ccccc13)c1c3ccccc3c(N(c3ccc(C(C)(C)C)cc3)c3ccccc3C)cc1n2-c1cccc2c1sc1ccccc12. The van der Waals surface area contributed by atoms with Crippen LogP contribution in [-0.4, -0.2) is 4.57 Å². The minimum atomic E-state index is 0.0263. The maximum absolute atomic E-state index is 2.60. The van der Waals surface area contributed by atoms with Gasteiger partial charge < -0.3 is 14.4 Å². The lowest BCUT2D eigenvalue weighted by atomic mass is 9.87. The number of aromatic nitrogens is 1. The van der Waals surface area contributed by atoms with Gasteiger partial charge in [-0.25, -0.2) is 0 Å². The number of para-hydroxylation sites is 2. The molecule has 0 bridgehead atoms. The van der Waals surface area contributed by atoms with E-state index in [1.54, 1.807) is 0 Å². The van der Waals surface area contributed by atoms with Crippen molar-refractivity contribution in [1.82, 2.24) is 4.57 Å². The normalized spacial score (nSPS) is 12.3. The summed E-state index contributed by atoms with van der Waals surface area (Å²) in [6.07, 6.45) is 0. The summed E-state index contributed by atoms with van der Waals surface area (Å²) >= 11 is 1.89. The zero-order chi connectivity index (χ0) is 48.1. The van der Waals surface area contributed by atoms with Crippen LogP contribution in [0.3, 0.4) is 0 Å². The fourth-order valence-electron chi connectivity index (χ4n) is 10.9. The van der Waals surface area contributed by atoms with E-state index in [2.05, 4.69) is 270 Å². The van der Waals surface area contributed by atoms with Crippen molar-refractivity contribution in [3.63, 3.8) is 0 Å². The number of fused-ring (bicyclic) bond motifs is 10. The van der Waals surface area contributed by atoms with Crippen molar-refractivity contribution in [3.8, 4) is 5.69 Å². The predicted molar refractivity (Wildman–Crippen MR) is 305 cm³/mol. The molecule has 70 heavy (non-hydrogen) atoms. The zero-order valence-corrected chi connectivity index (χ0v) is 42.1. The Morgan fingerprint density at radius 3 is 1.23 bits per heavy atom. The molecule has 0 aliphatic rings. The van der Waals surface area contributed by atoms with Crippen LogP contribution in [0.2, 0.25) is 0 Å². The first-order valence-corrected chi connectivity index (χ1v) is 25.4. The van der Waals surface area contributed by atoms with Crippen LogP contribution in [0.1, 0.15) is 63.8 Å². The molecule has 0 spiro atoms. The number of aryl methyl sites for hydroxylation is 2. The van der Waals surface area contributed by atoms with E-state index >= 15 is 0 Å². The van der Waals surface area contributed by atoms with Crippen molar-refractivity contribution in [1.29, 1.82) is 0 Å². The number of anilines is 6. The van der Waals surface area contributed by atoms with Crippen LogP contribution in [0, 0.1) is 13.8 Å². The van der Waals surface area contributed by atoms with Crippen LogP contribution < -0.4 is 9.80 Å². The Bertz CT molecular complexity index is 3780. The second-order valence-electron chi connectivity index (χ2n) is 21.1. The quantitative estimate of drug-likeness (QED) is 0.158. The number of benzene rings is 10. The molecule has 342 valence electrons. The van der Waals surface area contributed by atoms with Gasteiger partial charge in [0.25, 0.3) is 0 Å². The smallest absolute Gasteiger partial charge is 0.0640 e. The van der Waals surface area contributed by atoms with Gasteiger partial charge in [-0.2, -0.15) is 0 Å². The fourth-order valence-corrected chi connectivity index (χ4v) is 12.1. The first-order chi connectivity index (χ1) is 33.8. The van der Waals surface area contributed by atoms with Gasteiger partial charge in [0, 0.05) is 59.8 Å². The molecule has 0 N–H and O–H groups in total. The highest BCUT2D eigenvalue weighted by Crippen LogP contribution is 2.52. The average molecular weight is 924 g/mol. The zero-order valence-electron chi connectivity index (χ0n) is 41.3. The molecule has 2 heterocycles. The fraction of sp³-hybridized carbons (Fsp3) is 0.152. The molecule has 0 amide bonds. The Morgan fingerprint density at radius 1 is 0.371 bits per heavy atom. The Morgan fingerprint density at radius 2 is 0.771 bits per heavy atom. The Labute approximate surface area is 415 Å². The van der Waals surface area contributed by atoms with Gasteiger partial charge in [-0.1, -0.05) is 181 Å². The second kappa shape index (κ2) is 16.5. The average Bonchev–Trinajstić information content (AvgIpc) is 3.91. The predicted octanol–water partition coefficient (Wildman–Crippen LogP) is 19.6. The minimum Gasteiger partial charge on any atom is -0.310 e. The van der Waals surface area contributed by atoms with Gasteiger partial charge in [0.15, 0.2) is 0 Å². The third-order valence-corrected chi connectivity index (χ3v) is 15.7. The summed E-state index contributed by atoms with van der Waals surface area (Å²) < 4.78 is 5.16. The second-order valence-corrected chi connectivity index (χ2v) is 22.1. The van der Waals surface area contributed by atoms with E-state index in [-0.39, 0.29) is 10.8 Å². The Balaban J connectivity index is 1.26. The highest BCUT2D eigenvalue weighted by molar-refractivity contribution is 7.26. The van der Waals surface area contributed by atoms with E-state index < -0.39 is 0 Å². The van der Waals surface area contributed by atoms with Gasteiger partial charge in [0.05, 0.1) is 32.8 Å². The summed E-state index contributed by atoms with van der Waals surface area (Å²) in [6, 6.07) is 75.1. The summed E-state index contributed by atoms with van der Waals surface area (Å²) in [4.78, 5) is 4.99. The summed E-state index contributed by atoms with van der Waals surface area (Å²) in [5.41, 5.74) is 15.4. The molecule has 0 radical (unpaired) electrons. The molecule has 12 aromatic rings. The van der Waals surface area contributed by atoms with Crippen molar-refractivity contribution in [3.05, 3.63) is 222 Å². The van der Waals surface area contributed by atoms with Gasteiger partial charge in [0.2, 0.25) is 0 Å². The molecule has 12 rings (SSSR count). The molecule has 0 unspecified atom stereocenters. The van der Waals surface area contributed by atoms with E-state index in [1.807, 2.05) is 11.3 Å². The maximum Gasteiger partial charge on any atom is 0.0640 e. The van der Waals surface area contributed by atoms with E-state index in [1.165, 1.54) is 80.4 Å². The number of nitrogens with zero attached hydrogens (tertiary/aromatic N) is 3. The van der Waals surface area contributed by atoms with Gasteiger partial charge in [-0.15, -0.1) is 11.3 Å². The van der Waals surface area contributed by atoms with E-state index in [0.717, 1.165) is 45.2 Å². The van der Waals surface area contributed by atoms with Crippen molar-refractivity contribution in [2.75, 3.05) is 9.80 Å². The molecular formula is C66H57N3S. The van der Waals surface area contributed by atoms with Gasteiger partial charge in [0.1, 0.15) is 0 Å². The highest BCUT2D eigenvalue weighted by atomic mass is 32.1. The summed E-state index contributed by atoms with van der Waals surface area (Å²) in [6.45, 7) is 18.2. The van der Waals surface area contributed by atoms with E-state index in [9.17, 15) is 0 Å². The molecule has 0 aliphatic carbocycles. The van der Waals surface area contributed by atoms with Crippen LogP contribution in [0.5, 0.6) is 0 Å². The lowest BCUT2D eigenvalue weighted by Crippen LogP contribution is -2.14. The summed E-state index contributed by atoms with van der Waals surface area (Å²) in [7, 11) is 0. The number of hydrogen-bond acceptors (Lipinski definition) is 3. The molecule has 0 fully saturated rings. The van der Waals surface area contributed by atoms with Crippen molar-refractivity contribution >= 4 is 109 Å². The van der Waals surface area contributed by atoms with Crippen molar-refractivity contribution < 1.29 is 0 Å². The maximum atomic E-state index is 2.60. The summed E-state index contributed by atoms with van der Waals surface area (Å²) in [5.74, 6) is 0. The molecule has 3 nitrogen and oxygen atoms in total. The lowest BCUT2D eigenvalue weighted by molar-refractivity contribution is 0.590. The van der Waals surface area contributed by atoms with E-state index in [0.29, 0.717) is 0 Å². The van der Waals surface area contributed by atoms with Crippen molar-refractivity contribution in [2.24, 2.45) is 0 Å². The largest absolute Gasteiger partial charge is 0.310 e. The van der Waals surface area contributed by atoms with Crippen molar-refractivity contribution in [2.45, 2.75) is 66.2 Å². The number of hydrogen-bond donors (Lipinski definition) is 0. The minimum absolute atomic E-state index is 0.0263. The third kappa shape index (κ3) is 7.07. The Kier molecular flexibility index (Phi) is 10.3. The topological polar surface area (TPSA) is 11.4 Å². The monoisotopic (exact) mass is 923 g/mol. The number of rotatable bonds is 7. The van der Waals surface area contributed by atoms with Gasteiger partial charge in [-0.05, 0) is 118 Å². The molecule has 0 aliphatic heterocycles. The van der Waals surface area contributed by atoms with Crippen LogP contribution in [0.4, 0.5) is 34.1 Å². The molecule has 10 aromatic carbocycles. The van der Waals surface area contributed by atoms with Crippen LogP contribution >= 0.6 is 11.3 Å². The van der Waals surface area contributed by atoms with Crippen LogP contribution in [0.25, 0.3) is 69.2 Å². The molecular weight excluding hydrogens is 867 g/mol. The third-order valence-electron chi connectivity index (χ3n) is 14.5. The van der Waals surface area contributed by atoms with E-state index in [4.69, 9.17) is 0 Å². The first kappa shape index (κ1) is 43.6. The molecule has 0 atom stereocenters. The number of thiophene rings is 1. The van der Waals surface area contributed by atoms with Crippen LogP contribution in [-0.2, 0) is 10.8 Å². The van der Waals surface area contributed by atoms with Crippen LogP contribution in [0.15, 0.2) is 200 Å². The van der Waals surface area contributed by atoms with Gasteiger partial charge in [-0.3, -0.25) is 0 Å². The summed E-state index contributed by atoms with van der Waals surface area (Å²) in [5, 5.41) is 9.90. The molecule has 0 saturated heterocycles. The Hall–Kier alpha value is -7.66. The lowest BCUT2D eigenvalue weighted by Gasteiger charge is -2.29. The first-order valence-electron chi connectivity index (χ1n) is 24.6. The molecule has 2 aromatic heterocycles. The molecule has 4 heteroatoms. The standard InChI is InChI=1S/C66H57N3S/c1-42-20-9-16-28-54(42)67(46-36-32-44(33-37-46)65(3,4)5)57-40-59-62(51-25-13-11-22-48(51)57)63-52-26-14-12-23-49(52)58(68(55-29-17-10-21-43(55)2)47-38-34-45(35-39-47)66(6,7)8)41-60(63)69(59)56-30-19-27-53-50-24-15-18-31-61(50)70-64(53)56/h9-41H,1-8H3. The molecule has 0 saturated carbocycles. The highest BCUT2D eigenvalue weighted by Gasteiger charge is 2.28. The van der Waals surface area contributed by atoms with Gasteiger partial charge >= 0.3 is 0 Å².